The fourth-order valence-electron chi connectivity index (χ4n) is 2.80. The number of carbonyl (C=O) groups is 1. The Morgan fingerprint density at radius 1 is 1.33 bits per heavy atom. The molecule has 5 heteroatoms. The third kappa shape index (κ3) is 3.47. The molecule has 0 bridgehead atoms. The van der Waals surface area contributed by atoms with E-state index in [-0.39, 0.29) is 5.91 Å². The maximum atomic E-state index is 12.7. The number of amides is 1. The Morgan fingerprint density at radius 2 is 2.00 bits per heavy atom. The summed E-state index contributed by atoms with van der Waals surface area (Å²) in [5.74, 6) is 0.929. The number of nitrogens with one attached hydrogen (secondary N) is 1. The lowest BCUT2D eigenvalue weighted by Gasteiger charge is -2.42. The summed E-state index contributed by atoms with van der Waals surface area (Å²) in [6.07, 6.45) is 1.61. The van der Waals surface area contributed by atoms with Gasteiger partial charge in [0.05, 0.1) is 7.11 Å². The zero-order chi connectivity index (χ0) is 15.5. The molecule has 5 nitrogen and oxygen atoms in total. The molecule has 0 spiro atoms. The van der Waals surface area contributed by atoms with Crippen LogP contribution in [0.15, 0.2) is 24.3 Å². The van der Waals surface area contributed by atoms with E-state index in [2.05, 4.69) is 17.3 Å². The monoisotopic (exact) mass is 291 g/mol. The lowest BCUT2D eigenvalue weighted by atomic mass is 9.85. The van der Waals surface area contributed by atoms with E-state index in [1.807, 2.05) is 38.4 Å². The van der Waals surface area contributed by atoms with Gasteiger partial charge in [0.25, 0.3) is 0 Å². The van der Waals surface area contributed by atoms with Crippen LogP contribution in [0.4, 0.5) is 5.69 Å². The Bertz CT molecular complexity index is 494. The summed E-state index contributed by atoms with van der Waals surface area (Å²) in [4.78, 5) is 16.6. The van der Waals surface area contributed by atoms with Crippen molar-refractivity contribution >= 4 is 11.6 Å². The summed E-state index contributed by atoms with van der Waals surface area (Å²) in [6.45, 7) is 1.83. The van der Waals surface area contributed by atoms with Crippen LogP contribution in [-0.4, -0.2) is 62.6 Å². The lowest BCUT2D eigenvalue weighted by molar-refractivity contribution is -0.135. The van der Waals surface area contributed by atoms with E-state index in [4.69, 9.17) is 4.74 Å². The van der Waals surface area contributed by atoms with Crippen molar-refractivity contribution in [1.82, 2.24) is 9.80 Å². The van der Waals surface area contributed by atoms with Crippen molar-refractivity contribution in [3.63, 3.8) is 0 Å². The van der Waals surface area contributed by atoms with Gasteiger partial charge in [-0.05, 0) is 32.0 Å². The van der Waals surface area contributed by atoms with Crippen molar-refractivity contribution in [3.05, 3.63) is 24.3 Å². The van der Waals surface area contributed by atoms with Gasteiger partial charge >= 0.3 is 0 Å². The van der Waals surface area contributed by atoms with Gasteiger partial charge in [0.2, 0.25) is 5.91 Å². The molecule has 1 aliphatic heterocycles. The SMILES string of the molecule is COc1cccc(NC2(C(=O)N(C)C)CCN(C)CC2)c1. The van der Waals surface area contributed by atoms with Crippen LogP contribution in [0.3, 0.4) is 0 Å². The predicted molar refractivity (Wildman–Crippen MR) is 84.8 cm³/mol. The van der Waals surface area contributed by atoms with Crippen molar-refractivity contribution in [2.24, 2.45) is 0 Å². The second kappa shape index (κ2) is 6.35. The highest BCUT2D eigenvalue weighted by molar-refractivity contribution is 5.89. The van der Waals surface area contributed by atoms with Crippen molar-refractivity contribution < 1.29 is 9.53 Å². The summed E-state index contributed by atoms with van der Waals surface area (Å²) in [6, 6.07) is 7.75. The van der Waals surface area contributed by atoms with E-state index in [0.29, 0.717) is 0 Å². The number of carbonyl (C=O) groups excluding carboxylic acids is 1. The summed E-state index contributed by atoms with van der Waals surface area (Å²) in [5, 5.41) is 3.47. The molecule has 21 heavy (non-hydrogen) atoms. The number of likely N-dealkylation sites (tertiary alicyclic amines) is 1. The van der Waals surface area contributed by atoms with Gasteiger partial charge in [0, 0.05) is 38.9 Å². The summed E-state index contributed by atoms with van der Waals surface area (Å²) < 4.78 is 5.26. The molecular formula is C16H25N3O2. The van der Waals surface area contributed by atoms with Crippen LogP contribution in [0.2, 0.25) is 0 Å². The van der Waals surface area contributed by atoms with Crippen LogP contribution in [0.25, 0.3) is 0 Å². The standard InChI is InChI=1S/C16H25N3O2/c1-18(2)15(20)16(8-10-19(3)11-9-16)17-13-6-5-7-14(12-13)21-4/h5-7,12,17H,8-11H2,1-4H3. The quantitative estimate of drug-likeness (QED) is 0.916. The molecule has 1 aromatic rings. The average Bonchev–Trinajstić information content (AvgIpc) is 2.49. The average molecular weight is 291 g/mol. The molecule has 0 saturated carbocycles. The minimum Gasteiger partial charge on any atom is -0.497 e. The first kappa shape index (κ1) is 15.6. The Hall–Kier alpha value is -1.75. The lowest BCUT2D eigenvalue weighted by Crippen LogP contribution is -2.57. The molecule has 1 aromatic carbocycles. The normalized spacial score (nSPS) is 18.1. The van der Waals surface area contributed by atoms with Crippen LogP contribution in [-0.2, 0) is 4.79 Å². The summed E-state index contributed by atoms with van der Waals surface area (Å²) in [7, 11) is 7.37. The van der Waals surface area contributed by atoms with Gasteiger partial charge in [-0.2, -0.15) is 0 Å². The topological polar surface area (TPSA) is 44.8 Å². The minimum atomic E-state index is -0.525. The van der Waals surface area contributed by atoms with Gasteiger partial charge in [0.15, 0.2) is 0 Å². The van der Waals surface area contributed by atoms with Gasteiger partial charge in [-0.25, -0.2) is 0 Å². The largest absolute Gasteiger partial charge is 0.497 e. The van der Waals surface area contributed by atoms with Crippen LogP contribution in [0, 0.1) is 0 Å². The molecular weight excluding hydrogens is 266 g/mol. The third-order valence-corrected chi connectivity index (χ3v) is 4.11. The molecule has 0 aromatic heterocycles. The van der Waals surface area contributed by atoms with E-state index in [1.54, 1.807) is 12.0 Å². The number of rotatable bonds is 4. The van der Waals surface area contributed by atoms with Crippen molar-refractivity contribution in [2.75, 3.05) is 46.7 Å². The van der Waals surface area contributed by atoms with Gasteiger partial charge in [0.1, 0.15) is 11.3 Å². The van der Waals surface area contributed by atoms with E-state index in [1.165, 1.54) is 0 Å². The molecule has 0 unspecified atom stereocenters. The summed E-state index contributed by atoms with van der Waals surface area (Å²) >= 11 is 0. The fourth-order valence-corrected chi connectivity index (χ4v) is 2.80. The first-order valence-electron chi connectivity index (χ1n) is 7.29. The van der Waals surface area contributed by atoms with Crippen molar-refractivity contribution in [1.29, 1.82) is 0 Å². The van der Waals surface area contributed by atoms with E-state index < -0.39 is 5.54 Å². The van der Waals surface area contributed by atoms with Crippen molar-refractivity contribution in [3.8, 4) is 5.75 Å². The number of piperidine rings is 1. The van der Waals surface area contributed by atoms with Crippen LogP contribution < -0.4 is 10.1 Å². The highest BCUT2D eigenvalue weighted by Gasteiger charge is 2.41. The Kier molecular flexibility index (Phi) is 4.73. The molecule has 0 aliphatic carbocycles. The molecule has 1 aliphatic rings. The highest BCUT2D eigenvalue weighted by Crippen LogP contribution is 2.29. The molecule has 2 rings (SSSR count). The van der Waals surface area contributed by atoms with E-state index in [9.17, 15) is 4.79 Å². The number of nitrogens with zero attached hydrogens (tertiary/aromatic N) is 2. The van der Waals surface area contributed by atoms with Gasteiger partial charge in [-0.15, -0.1) is 0 Å². The second-order valence-corrected chi connectivity index (χ2v) is 5.94. The van der Waals surface area contributed by atoms with Crippen LogP contribution >= 0.6 is 0 Å². The third-order valence-electron chi connectivity index (χ3n) is 4.11. The second-order valence-electron chi connectivity index (χ2n) is 5.94. The summed E-state index contributed by atoms with van der Waals surface area (Å²) in [5.41, 5.74) is 0.400. The number of methoxy groups -OCH3 is 1. The first-order chi connectivity index (χ1) is 9.97. The number of benzene rings is 1. The fraction of sp³-hybridized carbons (Fsp3) is 0.562. The zero-order valence-electron chi connectivity index (χ0n) is 13.3. The number of hydrogen-bond acceptors (Lipinski definition) is 4. The molecule has 1 heterocycles. The number of hydrogen-bond donors (Lipinski definition) is 1. The maximum absolute atomic E-state index is 12.7. The number of likely N-dealkylation sites (N-methyl/N-ethyl adjacent to an activating group) is 1. The molecule has 1 N–H and O–H groups in total. The smallest absolute Gasteiger partial charge is 0.247 e. The molecule has 0 radical (unpaired) electrons. The van der Waals surface area contributed by atoms with E-state index >= 15 is 0 Å². The Balaban J connectivity index is 2.25. The molecule has 1 fully saturated rings. The zero-order valence-corrected chi connectivity index (χ0v) is 13.3. The number of anilines is 1. The predicted octanol–water partition coefficient (Wildman–Crippen LogP) is 1.66. The van der Waals surface area contributed by atoms with Crippen LogP contribution in [0.1, 0.15) is 12.8 Å². The number of ether oxygens (including phenoxy) is 1. The minimum absolute atomic E-state index is 0.137. The Labute approximate surface area is 126 Å². The Morgan fingerprint density at radius 3 is 2.57 bits per heavy atom. The highest BCUT2D eigenvalue weighted by atomic mass is 16.5. The molecule has 1 saturated heterocycles. The van der Waals surface area contributed by atoms with Crippen LogP contribution in [0.5, 0.6) is 5.75 Å². The first-order valence-corrected chi connectivity index (χ1v) is 7.29. The van der Waals surface area contributed by atoms with Gasteiger partial charge in [-0.3, -0.25) is 4.79 Å². The molecule has 0 atom stereocenters. The van der Waals surface area contributed by atoms with Crippen molar-refractivity contribution in [2.45, 2.75) is 18.4 Å². The van der Waals surface area contributed by atoms with Gasteiger partial charge < -0.3 is 19.9 Å². The van der Waals surface area contributed by atoms with E-state index in [0.717, 1.165) is 37.4 Å². The molecule has 1 amide bonds. The maximum Gasteiger partial charge on any atom is 0.247 e. The van der Waals surface area contributed by atoms with Gasteiger partial charge in [-0.1, -0.05) is 6.07 Å². The molecule has 116 valence electrons.